The van der Waals surface area contributed by atoms with Crippen molar-refractivity contribution in [2.24, 2.45) is 10.9 Å². The first kappa shape index (κ1) is 19.3. The third kappa shape index (κ3) is 5.76. The Hall–Kier alpha value is -2.04. The Bertz CT molecular complexity index is 559. The van der Waals surface area contributed by atoms with Crippen molar-refractivity contribution in [3.8, 4) is 0 Å². The number of nitrogens with zero attached hydrogens (tertiary/aromatic N) is 2. The first-order valence-electron chi connectivity index (χ1n) is 9.31. The van der Waals surface area contributed by atoms with Gasteiger partial charge in [0, 0.05) is 33.1 Å². The van der Waals surface area contributed by atoms with E-state index in [9.17, 15) is 4.79 Å². The maximum Gasteiger partial charge on any atom is 0.305 e. The van der Waals surface area contributed by atoms with Gasteiger partial charge in [-0.3, -0.25) is 9.79 Å². The second-order valence-electron chi connectivity index (χ2n) is 6.61. The van der Waals surface area contributed by atoms with Crippen molar-refractivity contribution >= 4 is 11.9 Å². The van der Waals surface area contributed by atoms with Gasteiger partial charge in [-0.2, -0.15) is 0 Å². The quantitative estimate of drug-likeness (QED) is 0.373. The van der Waals surface area contributed by atoms with E-state index in [0.717, 1.165) is 38.4 Å². The number of benzene rings is 1. The van der Waals surface area contributed by atoms with Crippen LogP contribution in [0.25, 0.3) is 0 Å². The summed E-state index contributed by atoms with van der Waals surface area (Å²) >= 11 is 0. The summed E-state index contributed by atoms with van der Waals surface area (Å²) in [4.78, 5) is 18.1. The van der Waals surface area contributed by atoms with E-state index >= 15 is 0 Å². The van der Waals surface area contributed by atoms with Crippen LogP contribution in [0.2, 0.25) is 0 Å². The molecule has 0 radical (unpaired) electrons. The molecule has 1 fully saturated rings. The van der Waals surface area contributed by atoms with Gasteiger partial charge >= 0.3 is 5.97 Å². The van der Waals surface area contributed by atoms with Gasteiger partial charge in [-0.1, -0.05) is 37.3 Å². The normalized spacial score (nSPS) is 21.1. The molecule has 1 aromatic carbocycles. The first-order chi connectivity index (χ1) is 12.2. The van der Waals surface area contributed by atoms with Gasteiger partial charge in [0.25, 0.3) is 0 Å². The van der Waals surface area contributed by atoms with Crippen LogP contribution in [0, 0.1) is 5.92 Å². The molecule has 2 atom stereocenters. The maximum atomic E-state index is 11.4. The molecule has 2 rings (SSSR count). The Morgan fingerprint density at radius 1 is 1.36 bits per heavy atom. The van der Waals surface area contributed by atoms with Crippen LogP contribution in [0.5, 0.6) is 0 Å². The largest absolute Gasteiger partial charge is 0.466 e. The number of aliphatic imine (C=N–C) groups is 1. The Labute approximate surface area is 151 Å². The number of likely N-dealkylation sites (tertiary alicyclic amines) is 1. The minimum Gasteiger partial charge on any atom is -0.466 e. The summed E-state index contributed by atoms with van der Waals surface area (Å²) in [5.41, 5.74) is 1.44. The van der Waals surface area contributed by atoms with Gasteiger partial charge in [0.05, 0.1) is 6.61 Å². The number of rotatable bonds is 6. The molecule has 138 valence electrons. The van der Waals surface area contributed by atoms with Crippen molar-refractivity contribution in [3.05, 3.63) is 35.9 Å². The fraction of sp³-hybridized carbons (Fsp3) is 0.600. The molecule has 1 saturated heterocycles. The third-order valence-electron chi connectivity index (χ3n) is 4.79. The van der Waals surface area contributed by atoms with Gasteiger partial charge in [0.2, 0.25) is 0 Å². The van der Waals surface area contributed by atoms with E-state index in [0.29, 0.717) is 24.9 Å². The van der Waals surface area contributed by atoms with Gasteiger partial charge in [0.15, 0.2) is 5.96 Å². The highest BCUT2D eigenvalue weighted by atomic mass is 16.5. The number of esters is 1. The Balaban J connectivity index is 1.80. The fourth-order valence-electron chi connectivity index (χ4n) is 3.53. The van der Waals surface area contributed by atoms with E-state index < -0.39 is 0 Å². The standard InChI is InChI=1S/C20H31N3O2/c1-4-25-19(24)11-8-13-22-20(21-3)23-14-12-18(16(2)15-23)17-9-6-5-7-10-17/h5-7,9-10,16,18H,4,8,11-15H2,1-3H3,(H,21,22). The van der Waals surface area contributed by atoms with Crippen LogP contribution in [0.4, 0.5) is 0 Å². The number of ether oxygens (including phenoxy) is 1. The van der Waals surface area contributed by atoms with Crippen molar-refractivity contribution in [2.75, 3.05) is 33.3 Å². The Morgan fingerprint density at radius 3 is 2.76 bits per heavy atom. The summed E-state index contributed by atoms with van der Waals surface area (Å²) in [5, 5.41) is 3.38. The highest BCUT2D eigenvalue weighted by Gasteiger charge is 2.28. The fourth-order valence-corrected chi connectivity index (χ4v) is 3.53. The van der Waals surface area contributed by atoms with E-state index in [1.165, 1.54) is 5.56 Å². The van der Waals surface area contributed by atoms with Gasteiger partial charge in [0.1, 0.15) is 0 Å². The summed E-state index contributed by atoms with van der Waals surface area (Å²) in [6, 6.07) is 10.8. The van der Waals surface area contributed by atoms with Crippen LogP contribution >= 0.6 is 0 Å². The lowest BCUT2D eigenvalue weighted by Gasteiger charge is -2.39. The average molecular weight is 345 g/mol. The summed E-state index contributed by atoms with van der Waals surface area (Å²) in [7, 11) is 1.82. The number of carbonyl (C=O) groups excluding carboxylic acids is 1. The van der Waals surface area contributed by atoms with Gasteiger partial charge in [-0.15, -0.1) is 0 Å². The summed E-state index contributed by atoms with van der Waals surface area (Å²) < 4.78 is 4.95. The topological polar surface area (TPSA) is 53.9 Å². The number of hydrogen-bond donors (Lipinski definition) is 1. The number of piperidine rings is 1. The van der Waals surface area contributed by atoms with E-state index in [1.807, 2.05) is 14.0 Å². The Kier molecular flexibility index (Phi) is 7.76. The average Bonchev–Trinajstić information content (AvgIpc) is 2.63. The van der Waals surface area contributed by atoms with Crippen molar-refractivity contribution in [1.82, 2.24) is 10.2 Å². The lowest BCUT2D eigenvalue weighted by atomic mass is 9.82. The number of nitrogens with one attached hydrogen (secondary N) is 1. The van der Waals surface area contributed by atoms with Crippen LogP contribution in [0.1, 0.15) is 44.6 Å². The predicted octanol–water partition coefficient (Wildman–Crippen LogP) is 3.03. The second-order valence-corrected chi connectivity index (χ2v) is 6.61. The summed E-state index contributed by atoms with van der Waals surface area (Å²) in [5.74, 6) is 1.99. The van der Waals surface area contributed by atoms with E-state index in [4.69, 9.17) is 4.74 Å². The molecule has 5 heteroatoms. The Morgan fingerprint density at radius 2 is 2.12 bits per heavy atom. The molecular weight excluding hydrogens is 314 g/mol. The number of carbonyl (C=O) groups is 1. The molecule has 0 amide bonds. The van der Waals surface area contributed by atoms with E-state index in [1.54, 1.807) is 0 Å². The lowest BCUT2D eigenvalue weighted by Crippen LogP contribution is -2.48. The van der Waals surface area contributed by atoms with Crippen LogP contribution in [0.15, 0.2) is 35.3 Å². The predicted molar refractivity (Wildman–Crippen MR) is 102 cm³/mol. The molecular formula is C20H31N3O2. The zero-order valence-corrected chi connectivity index (χ0v) is 15.7. The molecule has 0 aromatic heterocycles. The maximum absolute atomic E-state index is 11.4. The van der Waals surface area contributed by atoms with E-state index in [-0.39, 0.29) is 5.97 Å². The summed E-state index contributed by atoms with van der Waals surface area (Å²) in [6.45, 7) is 7.33. The molecule has 1 aliphatic rings. The van der Waals surface area contributed by atoms with Crippen molar-refractivity contribution < 1.29 is 9.53 Å². The van der Waals surface area contributed by atoms with Crippen LogP contribution < -0.4 is 5.32 Å². The monoisotopic (exact) mass is 345 g/mol. The summed E-state index contributed by atoms with van der Waals surface area (Å²) in [6.07, 6.45) is 2.34. The molecule has 0 saturated carbocycles. The van der Waals surface area contributed by atoms with Gasteiger partial charge in [-0.05, 0) is 37.2 Å². The van der Waals surface area contributed by atoms with Crippen LogP contribution in [-0.2, 0) is 9.53 Å². The first-order valence-corrected chi connectivity index (χ1v) is 9.31. The van der Waals surface area contributed by atoms with Crippen molar-refractivity contribution in [3.63, 3.8) is 0 Å². The number of hydrogen-bond acceptors (Lipinski definition) is 3. The highest BCUT2D eigenvalue weighted by molar-refractivity contribution is 5.80. The molecule has 5 nitrogen and oxygen atoms in total. The number of guanidine groups is 1. The molecule has 25 heavy (non-hydrogen) atoms. The third-order valence-corrected chi connectivity index (χ3v) is 4.79. The second kappa shape index (κ2) is 10.1. The van der Waals surface area contributed by atoms with Crippen LogP contribution in [-0.4, -0.2) is 50.1 Å². The lowest BCUT2D eigenvalue weighted by molar-refractivity contribution is -0.143. The van der Waals surface area contributed by atoms with Crippen LogP contribution in [0.3, 0.4) is 0 Å². The highest BCUT2D eigenvalue weighted by Crippen LogP contribution is 2.32. The molecule has 0 aliphatic carbocycles. The molecule has 2 unspecified atom stereocenters. The molecule has 1 N–H and O–H groups in total. The smallest absolute Gasteiger partial charge is 0.305 e. The van der Waals surface area contributed by atoms with Gasteiger partial charge in [-0.25, -0.2) is 0 Å². The minimum absolute atomic E-state index is 0.128. The molecule has 0 spiro atoms. The molecule has 1 heterocycles. The SMILES string of the molecule is CCOC(=O)CCCNC(=NC)N1CCC(c2ccccc2)C(C)C1. The molecule has 1 aromatic rings. The van der Waals surface area contributed by atoms with E-state index in [2.05, 4.69) is 52.5 Å². The van der Waals surface area contributed by atoms with Crippen molar-refractivity contribution in [2.45, 2.75) is 39.0 Å². The minimum atomic E-state index is -0.128. The van der Waals surface area contributed by atoms with Crippen molar-refractivity contribution in [1.29, 1.82) is 0 Å². The zero-order valence-electron chi connectivity index (χ0n) is 15.7. The molecule has 0 bridgehead atoms. The van der Waals surface area contributed by atoms with Gasteiger partial charge < -0.3 is 15.0 Å². The molecule has 1 aliphatic heterocycles. The zero-order chi connectivity index (χ0) is 18.1.